The first kappa shape index (κ1) is 18.9. The van der Waals surface area contributed by atoms with Gasteiger partial charge in [0.1, 0.15) is 10.5 Å². The van der Waals surface area contributed by atoms with Crippen LogP contribution in [0.25, 0.3) is 10.2 Å². The number of imide groups is 1. The average molecular weight is 401 g/mol. The largest absolute Gasteiger partial charge is 0.333 e. The first-order valence-corrected chi connectivity index (χ1v) is 10.5. The van der Waals surface area contributed by atoms with Crippen LogP contribution in [-0.2, 0) is 9.59 Å². The maximum atomic E-state index is 12.8. The van der Waals surface area contributed by atoms with Crippen LogP contribution in [0.5, 0.6) is 0 Å². The number of likely N-dealkylation sites (tertiary alicyclic amines) is 1. The minimum Gasteiger partial charge on any atom is -0.333 e. The predicted octanol–water partition coefficient (Wildman–Crippen LogP) is 3.07. The quantitative estimate of drug-likeness (QED) is 0.782. The lowest BCUT2D eigenvalue weighted by Crippen LogP contribution is -2.40. The van der Waals surface area contributed by atoms with Gasteiger partial charge < -0.3 is 10.2 Å². The summed E-state index contributed by atoms with van der Waals surface area (Å²) in [5, 5.41) is 3.65. The van der Waals surface area contributed by atoms with Crippen molar-refractivity contribution in [2.45, 2.75) is 51.1 Å². The van der Waals surface area contributed by atoms with E-state index >= 15 is 0 Å². The summed E-state index contributed by atoms with van der Waals surface area (Å²) in [6.07, 6.45) is 2.68. The molecule has 1 N–H and O–H groups in total. The van der Waals surface area contributed by atoms with Crippen molar-refractivity contribution in [2.24, 2.45) is 0 Å². The van der Waals surface area contributed by atoms with E-state index in [0.29, 0.717) is 12.8 Å². The summed E-state index contributed by atoms with van der Waals surface area (Å²) >= 11 is 1.65. The highest BCUT2D eigenvalue weighted by Gasteiger charge is 2.43. The molecule has 0 aliphatic carbocycles. The van der Waals surface area contributed by atoms with Crippen molar-refractivity contribution in [3.8, 4) is 0 Å². The molecule has 2 aromatic rings. The number of para-hydroxylation sites is 1. The third kappa shape index (κ3) is 3.37. The number of urea groups is 1. The second kappa shape index (κ2) is 7.16. The van der Waals surface area contributed by atoms with Gasteiger partial charge in [-0.1, -0.05) is 12.1 Å². The number of hydrogen-bond donors (Lipinski definition) is 1. The van der Waals surface area contributed by atoms with Crippen molar-refractivity contribution < 1.29 is 14.4 Å². The molecule has 8 heteroatoms. The van der Waals surface area contributed by atoms with Crippen molar-refractivity contribution in [3.05, 3.63) is 29.3 Å². The van der Waals surface area contributed by atoms with Gasteiger partial charge in [-0.05, 0) is 45.2 Å². The van der Waals surface area contributed by atoms with Gasteiger partial charge in [0.05, 0.1) is 16.3 Å². The molecule has 4 amide bonds. The van der Waals surface area contributed by atoms with Gasteiger partial charge in [0, 0.05) is 19.5 Å². The fraction of sp³-hybridized carbons (Fsp3) is 0.500. The number of amides is 4. The number of rotatable bonds is 5. The van der Waals surface area contributed by atoms with E-state index in [1.165, 1.54) is 4.90 Å². The summed E-state index contributed by atoms with van der Waals surface area (Å²) in [5.74, 6) is -0.174. The summed E-state index contributed by atoms with van der Waals surface area (Å²) in [4.78, 5) is 44.8. The third-order valence-corrected chi connectivity index (χ3v) is 6.52. The van der Waals surface area contributed by atoms with Crippen molar-refractivity contribution in [2.75, 3.05) is 13.1 Å². The van der Waals surface area contributed by atoms with E-state index in [1.54, 1.807) is 25.2 Å². The van der Waals surface area contributed by atoms with E-state index in [0.717, 1.165) is 34.6 Å². The van der Waals surface area contributed by atoms with Crippen LogP contribution in [0.4, 0.5) is 4.79 Å². The summed E-state index contributed by atoms with van der Waals surface area (Å²) in [7, 11) is 0. The summed E-state index contributed by atoms with van der Waals surface area (Å²) in [6.45, 7) is 4.37. The molecule has 2 aliphatic rings. The first-order chi connectivity index (χ1) is 13.4. The van der Waals surface area contributed by atoms with Gasteiger partial charge in [0.15, 0.2) is 0 Å². The van der Waals surface area contributed by atoms with E-state index in [9.17, 15) is 14.4 Å². The molecule has 2 fully saturated rings. The average Bonchev–Trinajstić information content (AvgIpc) is 3.33. The number of carbonyl (C=O) groups excluding carboxylic acids is 3. The molecule has 4 rings (SSSR count). The molecule has 0 unspecified atom stereocenters. The Hall–Kier alpha value is -2.48. The number of hydrogen-bond acceptors (Lipinski definition) is 5. The molecule has 2 saturated heterocycles. The zero-order valence-corrected chi connectivity index (χ0v) is 16.9. The van der Waals surface area contributed by atoms with Gasteiger partial charge in [0.25, 0.3) is 5.91 Å². The lowest BCUT2D eigenvalue weighted by Gasteiger charge is -2.23. The minimum absolute atomic E-state index is 0.0283. The molecule has 28 heavy (non-hydrogen) atoms. The molecule has 7 nitrogen and oxygen atoms in total. The Morgan fingerprint density at radius 2 is 2.11 bits per heavy atom. The Balaban J connectivity index is 1.38. The summed E-state index contributed by atoms with van der Waals surface area (Å²) in [6, 6.07) is 7.67. The highest BCUT2D eigenvalue weighted by Crippen LogP contribution is 2.36. The van der Waals surface area contributed by atoms with Crippen LogP contribution >= 0.6 is 11.3 Å². The zero-order chi connectivity index (χ0) is 19.9. The SMILES string of the molecule is CC1(C)NC(=O)N(CCCC(=O)N2CCC[C@H]2c2nc3ccccc3s2)C1=O. The second-order valence-electron chi connectivity index (χ2n) is 7.88. The Labute approximate surface area is 167 Å². The molecule has 3 heterocycles. The molecule has 1 aromatic heterocycles. The Morgan fingerprint density at radius 1 is 1.32 bits per heavy atom. The summed E-state index contributed by atoms with van der Waals surface area (Å²) in [5.41, 5.74) is 0.108. The zero-order valence-electron chi connectivity index (χ0n) is 16.1. The normalized spacial score (nSPS) is 21.6. The number of benzene rings is 1. The Morgan fingerprint density at radius 3 is 2.82 bits per heavy atom. The van der Waals surface area contributed by atoms with E-state index in [-0.39, 0.29) is 30.4 Å². The van der Waals surface area contributed by atoms with Gasteiger partial charge >= 0.3 is 6.03 Å². The van der Waals surface area contributed by atoms with Crippen molar-refractivity contribution in [3.63, 3.8) is 0 Å². The molecule has 0 radical (unpaired) electrons. The Kier molecular flexibility index (Phi) is 4.82. The Bertz CT molecular complexity index is 905. The van der Waals surface area contributed by atoms with Crippen LogP contribution in [0.15, 0.2) is 24.3 Å². The first-order valence-electron chi connectivity index (χ1n) is 9.66. The predicted molar refractivity (Wildman–Crippen MR) is 107 cm³/mol. The highest BCUT2D eigenvalue weighted by atomic mass is 32.1. The van der Waals surface area contributed by atoms with Crippen molar-refractivity contribution in [1.29, 1.82) is 0 Å². The molecular weight excluding hydrogens is 376 g/mol. The highest BCUT2D eigenvalue weighted by molar-refractivity contribution is 7.18. The van der Waals surface area contributed by atoms with Crippen LogP contribution < -0.4 is 5.32 Å². The van der Waals surface area contributed by atoms with Gasteiger partial charge in [-0.15, -0.1) is 11.3 Å². The maximum Gasteiger partial charge on any atom is 0.325 e. The van der Waals surface area contributed by atoms with Crippen LogP contribution in [0.1, 0.15) is 50.6 Å². The number of aromatic nitrogens is 1. The molecule has 2 aliphatic heterocycles. The smallest absolute Gasteiger partial charge is 0.325 e. The molecule has 148 valence electrons. The maximum absolute atomic E-state index is 12.8. The van der Waals surface area contributed by atoms with Crippen molar-refractivity contribution >= 4 is 39.4 Å². The lowest BCUT2D eigenvalue weighted by molar-refractivity contribution is -0.133. The molecule has 1 aromatic carbocycles. The lowest BCUT2D eigenvalue weighted by atomic mass is 10.1. The van der Waals surface area contributed by atoms with Gasteiger partial charge in [-0.25, -0.2) is 9.78 Å². The number of carbonyl (C=O) groups is 3. The third-order valence-electron chi connectivity index (χ3n) is 5.39. The molecule has 1 atom stereocenters. The number of thiazole rings is 1. The van der Waals surface area contributed by atoms with Crippen molar-refractivity contribution in [1.82, 2.24) is 20.1 Å². The molecule has 0 bridgehead atoms. The molecular formula is C20H24N4O3S. The van der Waals surface area contributed by atoms with Crippen LogP contribution in [0.3, 0.4) is 0 Å². The molecule has 0 spiro atoms. The minimum atomic E-state index is -0.867. The fourth-order valence-electron chi connectivity index (χ4n) is 3.91. The number of nitrogens with zero attached hydrogens (tertiary/aromatic N) is 3. The fourth-order valence-corrected chi connectivity index (χ4v) is 5.02. The van der Waals surface area contributed by atoms with Gasteiger partial charge in [-0.3, -0.25) is 14.5 Å². The monoisotopic (exact) mass is 400 g/mol. The second-order valence-corrected chi connectivity index (χ2v) is 8.94. The number of nitrogens with one attached hydrogen (secondary N) is 1. The van der Waals surface area contributed by atoms with E-state index in [4.69, 9.17) is 4.98 Å². The topological polar surface area (TPSA) is 82.6 Å². The van der Waals surface area contributed by atoms with E-state index < -0.39 is 5.54 Å². The van der Waals surface area contributed by atoms with Crippen LogP contribution in [0.2, 0.25) is 0 Å². The van der Waals surface area contributed by atoms with Gasteiger partial charge in [-0.2, -0.15) is 0 Å². The van der Waals surface area contributed by atoms with Crippen LogP contribution in [-0.4, -0.2) is 51.3 Å². The van der Waals surface area contributed by atoms with Gasteiger partial charge in [0.2, 0.25) is 5.91 Å². The van der Waals surface area contributed by atoms with E-state index in [2.05, 4.69) is 11.4 Å². The number of fused-ring (bicyclic) bond motifs is 1. The van der Waals surface area contributed by atoms with Crippen LogP contribution in [0, 0.1) is 0 Å². The summed E-state index contributed by atoms with van der Waals surface area (Å²) < 4.78 is 1.14. The van der Waals surface area contributed by atoms with E-state index in [1.807, 2.05) is 23.1 Å². The molecule has 0 saturated carbocycles. The standard InChI is InChI=1S/C20H24N4O3S/c1-20(2)18(26)24(19(27)22-20)12-6-10-16(25)23-11-5-8-14(23)17-21-13-7-3-4-9-15(13)28-17/h3-4,7,9,14H,5-6,8,10-12H2,1-2H3,(H,22,27)/t14-/m0/s1.